The van der Waals surface area contributed by atoms with Gasteiger partial charge in [0.1, 0.15) is 5.75 Å². The summed E-state index contributed by atoms with van der Waals surface area (Å²) in [5, 5.41) is 0. The molecule has 0 N–H and O–H groups in total. The molecule has 0 heterocycles. The fourth-order valence-electron chi connectivity index (χ4n) is 5.02. The van der Waals surface area contributed by atoms with Crippen molar-refractivity contribution in [3.8, 4) is 16.9 Å². The Morgan fingerprint density at radius 1 is 0.750 bits per heavy atom. The predicted molar refractivity (Wildman–Crippen MR) is 131 cm³/mol. The summed E-state index contributed by atoms with van der Waals surface area (Å²) in [5.41, 5.74) is 2.78. The molecule has 1 aliphatic carbocycles. The molecule has 0 aromatic heterocycles. The van der Waals surface area contributed by atoms with Gasteiger partial charge in [-0.25, -0.2) is 4.39 Å². The van der Waals surface area contributed by atoms with Crippen LogP contribution in [0.5, 0.6) is 5.75 Å². The molecular weight excluding hydrogens is 478 g/mol. The van der Waals surface area contributed by atoms with E-state index >= 15 is 0 Å². The van der Waals surface area contributed by atoms with Crippen molar-refractivity contribution in [3.05, 3.63) is 54.1 Å². The lowest BCUT2D eigenvalue weighted by Gasteiger charge is -2.28. The van der Waals surface area contributed by atoms with E-state index in [1.54, 1.807) is 0 Å². The van der Waals surface area contributed by atoms with Crippen LogP contribution in [0.15, 0.2) is 48.5 Å². The summed E-state index contributed by atoms with van der Waals surface area (Å²) >= 11 is 0. The van der Waals surface area contributed by atoms with Crippen LogP contribution >= 0.6 is 0 Å². The summed E-state index contributed by atoms with van der Waals surface area (Å²) in [4.78, 5) is 0. The van der Waals surface area contributed by atoms with Crippen LogP contribution in [0.25, 0.3) is 11.1 Å². The molecular formula is C29H36F6O. The first-order valence-electron chi connectivity index (χ1n) is 13.1. The second kappa shape index (κ2) is 12.9. The lowest BCUT2D eigenvalue weighted by atomic mass is 9.77. The van der Waals surface area contributed by atoms with E-state index < -0.39 is 24.2 Å². The van der Waals surface area contributed by atoms with Crippen LogP contribution in [0.2, 0.25) is 0 Å². The van der Waals surface area contributed by atoms with Gasteiger partial charge < -0.3 is 4.74 Å². The van der Waals surface area contributed by atoms with Crippen LogP contribution in [0.4, 0.5) is 26.3 Å². The molecule has 1 aliphatic rings. The molecule has 1 fully saturated rings. The Hall–Kier alpha value is -2.18. The molecule has 0 amide bonds. The molecule has 0 bridgehead atoms. The van der Waals surface area contributed by atoms with E-state index in [4.69, 9.17) is 0 Å². The van der Waals surface area contributed by atoms with Gasteiger partial charge in [0.15, 0.2) is 0 Å². The highest BCUT2D eigenvalue weighted by molar-refractivity contribution is 5.64. The van der Waals surface area contributed by atoms with Gasteiger partial charge >= 0.3 is 12.3 Å². The second-order valence-corrected chi connectivity index (χ2v) is 10.1. The fraction of sp³-hybridized carbons (Fsp3) is 0.586. The Balaban J connectivity index is 1.45. The van der Waals surface area contributed by atoms with Crippen LogP contribution in [0.3, 0.4) is 0 Å². The third-order valence-electron chi connectivity index (χ3n) is 7.25. The third-order valence-corrected chi connectivity index (χ3v) is 7.25. The molecule has 1 nitrogen and oxygen atoms in total. The molecule has 0 saturated heterocycles. The van der Waals surface area contributed by atoms with Crippen molar-refractivity contribution < 1.29 is 31.1 Å². The van der Waals surface area contributed by atoms with E-state index in [9.17, 15) is 26.3 Å². The smallest absolute Gasteiger partial charge is 0.430 e. The number of hydrogen-bond donors (Lipinski definition) is 0. The average molecular weight is 515 g/mol. The van der Waals surface area contributed by atoms with Crippen molar-refractivity contribution in [3.63, 3.8) is 0 Å². The Morgan fingerprint density at radius 3 is 1.81 bits per heavy atom. The molecule has 200 valence electrons. The molecule has 0 spiro atoms. The summed E-state index contributed by atoms with van der Waals surface area (Å²) in [6, 6.07) is 13.1. The highest BCUT2D eigenvalue weighted by Crippen LogP contribution is 2.37. The predicted octanol–water partition coefficient (Wildman–Crippen LogP) is 9.93. The topological polar surface area (TPSA) is 9.23 Å². The van der Waals surface area contributed by atoms with E-state index in [0.717, 1.165) is 36.0 Å². The monoisotopic (exact) mass is 514 g/mol. The molecule has 3 rings (SSSR count). The highest BCUT2D eigenvalue weighted by atomic mass is 19.4. The number of ether oxygens (including phenoxy) is 1. The quantitative estimate of drug-likeness (QED) is 0.202. The van der Waals surface area contributed by atoms with E-state index in [1.807, 2.05) is 24.3 Å². The van der Waals surface area contributed by atoms with Crippen molar-refractivity contribution in [1.82, 2.24) is 0 Å². The number of alkyl halides is 6. The lowest BCUT2D eigenvalue weighted by Crippen LogP contribution is -2.45. The van der Waals surface area contributed by atoms with Crippen LogP contribution in [-0.2, 0) is 6.42 Å². The van der Waals surface area contributed by atoms with Crippen molar-refractivity contribution in [2.75, 3.05) is 0 Å². The van der Waals surface area contributed by atoms with Gasteiger partial charge in [-0.3, -0.25) is 0 Å². The summed E-state index contributed by atoms with van der Waals surface area (Å²) in [5.74, 6) is 1.15. The highest BCUT2D eigenvalue weighted by Gasteiger charge is 2.59. The maximum absolute atomic E-state index is 13.5. The Morgan fingerprint density at radius 2 is 1.28 bits per heavy atom. The number of benzene rings is 2. The molecule has 1 unspecified atom stereocenters. The van der Waals surface area contributed by atoms with Crippen LogP contribution in [0.1, 0.15) is 76.7 Å². The maximum atomic E-state index is 13.5. The summed E-state index contributed by atoms with van der Waals surface area (Å²) < 4.78 is 80.7. The number of aryl methyl sites for hydroxylation is 1. The Bertz CT molecular complexity index is 899. The van der Waals surface area contributed by atoms with Gasteiger partial charge in [-0.15, -0.1) is 0 Å². The van der Waals surface area contributed by atoms with E-state index in [2.05, 4.69) is 11.7 Å². The fourth-order valence-corrected chi connectivity index (χ4v) is 5.02. The molecule has 2 aromatic carbocycles. The molecule has 1 saturated carbocycles. The van der Waals surface area contributed by atoms with Crippen LogP contribution in [0, 0.1) is 11.8 Å². The molecule has 0 radical (unpaired) electrons. The van der Waals surface area contributed by atoms with Gasteiger partial charge in [-0.05, 0) is 53.5 Å². The number of unbranched alkanes of at least 4 members (excludes halogenated alkanes) is 3. The normalized spacial score (nSPS) is 19.8. The SMILES string of the molecule is CCCCCCC1CCC(CCc2ccc(-c3ccc(OC(F)(F)C(F)C(F)(F)F)cc3)cc2)CC1. The summed E-state index contributed by atoms with van der Waals surface area (Å²) in [6.07, 6.45) is -0.849. The summed E-state index contributed by atoms with van der Waals surface area (Å²) in [7, 11) is 0. The molecule has 2 aromatic rings. The van der Waals surface area contributed by atoms with Gasteiger partial charge in [-0.2, -0.15) is 22.0 Å². The zero-order valence-electron chi connectivity index (χ0n) is 20.8. The number of halogens is 6. The minimum absolute atomic E-state index is 0.539. The largest absolute Gasteiger partial charge is 0.439 e. The first kappa shape index (κ1) is 28.4. The van der Waals surface area contributed by atoms with Gasteiger partial charge in [0, 0.05) is 0 Å². The maximum Gasteiger partial charge on any atom is 0.439 e. The molecule has 36 heavy (non-hydrogen) atoms. The lowest BCUT2D eigenvalue weighted by molar-refractivity contribution is -0.304. The number of rotatable bonds is 12. The van der Waals surface area contributed by atoms with Crippen molar-refractivity contribution in [2.24, 2.45) is 11.8 Å². The Kier molecular flexibility index (Phi) is 10.1. The van der Waals surface area contributed by atoms with Crippen molar-refractivity contribution in [2.45, 2.75) is 96.0 Å². The van der Waals surface area contributed by atoms with E-state index in [0.29, 0.717) is 5.56 Å². The first-order chi connectivity index (χ1) is 17.1. The van der Waals surface area contributed by atoms with Crippen molar-refractivity contribution in [1.29, 1.82) is 0 Å². The second-order valence-electron chi connectivity index (χ2n) is 10.1. The third kappa shape index (κ3) is 8.45. The van der Waals surface area contributed by atoms with Crippen LogP contribution < -0.4 is 4.74 Å². The van der Waals surface area contributed by atoms with E-state index in [1.165, 1.54) is 81.9 Å². The van der Waals surface area contributed by atoms with Gasteiger partial charge in [0.2, 0.25) is 0 Å². The first-order valence-corrected chi connectivity index (χ1v) is 13.1. The number of hydrogen-bond acceptors (Lipinski definition) is 1. The molecule has 7 heteroatoms. The van der Waals surface area contributed by atoms with Gasteiger partial charge in [-0.1, -0.05) is 101 Å². The van der Waals surface area contributed by atoms with Crippen LogP contribution in [-0.4, -0.2) is 18.5 Å². The zero-order valence-corrected chi connectivity index (χ0v) is 20.8. The van der Waals surface area contributed by atoms with Gasteiger partial charge in [0.25, 0.3) is 6.17 Å². The zero-order chi connectivity index (χ0) is 26.2. The summed E-state index contributed by atoms with van der Waals surface area (Å²) in [6.45, 7) is 2.25. The molecule has 0 aliphatic heterocycles. The average Bonchev–Trinajstić information content (AvgIpc) is 2.86. The molecule has 1 atom stereocenters. The standard InChI is InChI=1S/C29H36F6O/c1-2-3-4-5-6-21-7-9-22(10-8-21)11-12-23-13-15-24(16-14-23)25-17-19-26(20-18-25)36-29(34,35)27(30)28(31,32)33/h13-22,27H,2-12H2,1H3. The minimum atomic E-state index is -5.71. The minimum Gasteiger partial charge on any atom is -0.430 e. The van der Waals surface area contributed by atoms with E-state index in [-0.39, 0.29) is 0 Å². The Labute approximate surface area is 210 Å². The van der Waals surface area contributed by atoms with Crippen molar-refractivity contribution >= 4 is 0 Å². The van der Waals surface area contributed by atoms with Gasteiger partial charge in [0.05, 0.1) is 0 Å².